The summed E-state index contributed by atoms with van der Waals surface area (Å²) in [7, 11) is 0. The van der Waals surface area contributed by atoms with E-state index >= 15 is 4.79 Å². The zero-order valence-corrected chi connectivity index (χ0v) is 34.0. The van der Waals surface area contributed by atoms with Crippen molar-refractivity contribution in [2.24, 2.45) is 33.6 Å². The molecule has 5 aliphatic rings. The van der Waals surface area contributed by atoms with E-state index in [2.05, 4.69) is 0 Å². The first-order valence-electron chi connectivity index (χ1n) is 20.1. The normalized spacial score (nSPS) is 36.1. The molecule has 1 N–H and O–H groups in total. The van der Waals surface area contributed by atoms with Gasteiger partial charge in [-0.3, -0.25) is 9.59 Å². The first-order valence-corrected chi connectivity index (χ1v) is 20.1. The minimum Gasteiger partial charge on any atom is -0.459 e. The third kappa shape index (κ3) is 5.95. The van der Waals surface area contributed by atoms with Crippen molar-refractivity contribution >= 4 is 29.6 Å². The predicted octanol–water partition coefficient (Wildman–Crippen LogP) is 6.77. The lowest BCUT2D eigenvalue weighted by Gasteiger charge is -2.68. The van der Waals surface area contributed by atoms with Gasteiger partial charge in [0.1, 0.15) is 35.7 Å². The van der Waals surface area contributed by atoms with Gasteiger partial charge in [-0.15, -0.1) is 0 Å². The molecule has 304 valence electrons. The van der Waals surface area contributed by atoms with Crippen LogP contribution in [0.2, 0.25) is 0 Å². The van der Waals surface area contributed by atoms with E-state index in [0.717, 1.165) is 5.56 Å². The number of aliphatic hydroxyl groups is 1. The summed E-state index contributed by atoms with van der Waals surface area (Å²) in [6, 6.07) is 26.4. The average Bonchev–Trinajstić information content (AvgIpc) is 3.66. The second-order valence-corrected chi connectivity index (χ2v) is 17.5. The molecule has 1 saturated heterocycles. The van der Waals surface area contributed by atoms with E-state index in [4.69, 9.17) is 28.7 Å². The Morgan fingerprint density at radius 1 is 0.879 bits per heavy atom. The molecule has 2 saturated carbocycles. The summed E-state index contributed by atoms with van der Waals surface area (Å²) in [6.45, 7) is 12.4. The van der Waals surface area contributed by atoms with Crippen LogP contribution in [-0.2, 0) is 38.1 Å². The number of benzene rings is 3. The Kier molecular flexibility index (Phi) is 9.79. The smallest absolute Gasteiger partial charge is 0.350 e. The number of hydrogen-bond acceptors (Lipinski definition) is 11. The lowest BCUT2D eigenvalue weighted by Crippen LogP contribution is -2.80. The highest BCUT2D eigenvalue weighted by Crippen LogP contribution is 2.66. The van der Waals surface area contributed by atoms with Crippen molar-refractivity contribution in [2.45, 2.75) is 103 Å². The standard InChI is InChI=1S/C47H51NO10/c1-26-23-34-46(25-54-34,58-29(4)49)38-40(57-42(51)32-21-15-10-16-22-32)47(53)24-33(27(2)35(44(47,5)6)28(3)39(50)45(26,38)7)55-43(52)37-36(30-17-11-8-12-18-30)48-41(56-37)31-19-13-9-14-20-31/h8-22,26,28,33-34,36-38,40,53H,23-25H2,1-7H3/t26-,28+,33-,34+,36+,37+,38-,40-,45+,46-,47+/m0/s1. The number of esters is 3. The van der Waals surface area contributed by atoms with Gasteiger partial charge in [-0.2, -0.15) is 0 Å². The van der Waals surface area contributed by atoms with E-state index in [9.17, 15) is 19.5 Å². The fraction of sp³-hybridized carbons (Fsp3) is 0.468. The minimum atomic E-state index is -1.98. The van der Waals surface area contributed by atoms with Crippen LogP contribution >= 0.6 is 0 Å². The average molecular weight is 790 g/mol. The summed E-state index contributed by atoms with van der Waals surface area (Å²) in [6.07, 6.45) is -4.08. The number of ketones is 1. The summed E-state index contributed by atoms with van der Waals surface area (Å²) >= 11 is 0. The summed E-state index contributed by atoms with van der Waals surface area (Å²) in [4.78, 5) is 62.2. The van der Waals surface area contributed by atoms with Crippen LogP contribution in [-0.4, -0.2) is 76.9 Å². The first-order chi connectivity index (χ1) is 27.5. The van der Waals surface area contributed by atoms with Gasteiger partial charge in [-0.1, -0.05) is 101 Å². The number of rotatable bonds is 7. The van der Waals surface area contributed by atoms with E-state index in [1.165, 1.54) is 6.92 Å². The first kappa shape index (κ1) is 39.7. The Balaban J connectivity index is 1.26. The molecule has 2 aliphatic heterocycles. The van der Waals surface area contributed by atoms with Crippen molar-refractivity contribution in [3.8, 4) is 0 Å². The number of carbonyl (C=O) groups excluding carboxylic acids is 4. The van der Waals surface area contributed by atoms with Crippen LogP contribution in [0.3, 0.4) is 0 Å². The fourth-order valence-electron chi connectivity index (χ4n) is 11.0. The lowest BCUT2D eigenvalue weighted by molar-refractivity contribution is -0.339. The summed E-state index contributed by atoms with van der Waals surface area (Å²) in [5.74, 6) is -4.01. The Labute approximate surface area is 338 Å². The maximum atomic E-state index is 15.4. The Morgan fingerprint density at radius 2 is 1.50 bits per heavy atom. The van der Waals surface area contributed by atoms with Crippen LogP contribution in [0.25, 0.3) is 0 Å². The highest BCUT2D eigenvalue weighted by Gasteiger charge is 2.77. The van der Waals surface area contributed by atoms with Gasteiger partial charge in [0.2, 0.25) is 12.0 Å². The molecule has 0 aromatic heterocycles. The molecule has 3 aromatic rings. The zero-order valence-electron chi connectivity index (χ0n) is 34.0. The summed E-state index contributed by atoms with van der Waals surface area (Å²) in [5, 5.41) is 13.7. The molecular formula is C47H51NO10. The Hall–Kier alpha value is -5.13. The maximum absolute atomic E-state index is 15.4. The van der Waals surface area contributed by atoms with Crippen molar-refractivity contribution < 1.29 is 48.0 Å². The van der Waals surface area contributed by atoms with Gasteiger partial charge in [-0.05, 0) is 60.2 Å². The van der Waals surface area contributed by atoms with Crippen molar-refractivity contribution in [3.05, 3.63) is 119 Å². The second-order valence-electron chi connectivity index (χ2n) is 17.5. The van der Waals surface area contributed by atoms with Gasteiger partial charge in [0, 0.05) is 35.7 Å². The molecule has 11 heteroatoms. The molecule has 11 atom stereocenters. The SMILES string of the molecule is CC(=O)O[C@@]12CO[C@@H]1C[C@H](C)[C@@]1(C)C(=O)[C@H](C)C3=C(C)[C@@H](OC(=O)[C@@H]4OC(c5ccccc5)=N[C@@H]4c4ccccc4)C[C@@](O)([C@@H](OC(=O)c4ccccc4)[C@H]21)C3(C)C. The van der Waals surface area contributed by atoms with E-state index in [-0.39, 0.29) is 30.3 Å². The van der Waals surface area contributed by atoms with Crippen LogP contribution in [0.4, 0.5) is 0 Å². The molecule has 2 bridgehead atoms. The molecule has 0 unspecified atom stereocenters. The van der Waals surface area contributed by atoms with Crippen molar-refractivity contribution in [2.75, 3.05) is 6.61 Å². The van der Waals surface area contributed by atoms with Gasteiger partial charge in [0.15, 0.2) is 5.60 Å². The number of fused-ring (bicyclic) bond motifs is 5. The predicted molar refractivity (Wildman–Crippen MR) is 212 cm³/mol. The summed E-state index contributed by atoms with van der Waals surface area (Å²) in [5.41, 5.74) is -2.95. The number of ether oxygens (including phenoxy) is 5. The van der Waals surface area contributed by atoms with E-state index in [1.54, 1.807) is 30.3 Å². The number of Topliss-reactive ketones (excluding diaryl/α,β-unsaturated/α-hetero) is 1. The van der Waals surface area contributed by atoms with Gasteiger partial charge >= 0.3 is 17.9 Å². The maximum Gasteiger partial charge on any atom is 0.350 e. The molecule has 2 heterocycles. The van der Waals surface area contributed by atoms with Crippen LogP contribution < -0.4 is 0 Å². The largest absolute Gasteiger partial charge is 0.459 e. The Morgan fingerprint density at radius 3 is 2.10 bits per heavy atom. The fourth-order valence-corrected chi connectivity index (χ4v) is 11.0. The molecular weight excluding hydrogens is 739 g/mol. The van der Waals surface area contributed by atoms with Crippen LogP contribution in [0, 0.1) is 28.6 Å². The van der Waals surface area contributed by atoms with Gasteiger partial charge < -0.3 is 28.8 Å². The monoisotopic (exact) mass is 789 g/mol. The molecule has 0 amide bonds. The lowest BCUT2D eigenvalue weighted by atomic mass is 9.42. The molecule has 0 radical (unpaired) electrons. The van der Waals surface area contributed by atoms with E-state index in [1.807, 2.05) is 102 Å². The number of carbonyl (C=O) groups is 4. The number of hydrogen-bond donors (Lipinski definition) is 1. The highest BCUT2D eigenvalue weighted by molar-refractivity contribution is 5.98. The third-order valence-electron chi connectivity index (χ3n) is 14.1. The quantitative estimate of drug-likeness (QED) is 0.155. The van der Waals surface area contributed by atoms with E-state index in [0.29, 0.717) is 29.0 Å². The number of nitrogens with zero attached hydrogens (tertiary/aromatic N) is 1. The molecule has 8 rings (SSSR count). The van der Waals surface area contributed by atoms with Crippen LogP contribution in [0.5, 0.6) is 0 Å². The van der Waals surface area contributed by atoms with Crippen molar-refractivity contribution in [1.82, 2.24) is 0 Å². The van der Waals surface area contributed by atoms with E-state index < -0.39 is 82.2 Å². The van der Waals surface area contributed by atoms with Gasteiger partial charge in [0.05, 0.1) is 18.1 Å². The summed E-state index contributed by atoms with van der Waals surface area (Å²) < 4.78 is 31.7. The Bertz CT molecular complexity index is 2190. The van der Waals surface area contributed by atoms with Gasteiger partial charge in [0.25, 0.3) is 0 Å². The molecule has 3 aliphatic carbocycles. The molecule has 3 fully saturated rings. The topological polar surface area (TPSA) is 147 Å². The highest BCUT2D eigenvalue weighted by atomic mass is 16.6. The van der Waals surface area contributed by atoms with Crippen molar-refractivity contribution in [1.29, 1.82) is 0 Å². The molecule has 3 aromatic carbocycles. The second kappa shape index (κ2) is 14.3. The molecule has 58 heavy (non-hydrogen) atoms. The molecule has 0 spiro atoms. The minimum absolute atomic E-state index is 0.0500. The molecule has 11 nitrogen and oxygen atoms in total. The zero-order chi connectivity index (χ0) is 41.4. The van der Waals surface area contributed by atoms with Crippen LogP contribution in [0.15, 0.2) is 107 Å². The van der Waals surface area contributed by atoms with Gasteiger partial charge in [-0.25, -0.2) is 14.6 Å². The third-order valence-corrected chi connectivity index (χ3v) is 14.1. The number of aliphatic imine (C=N–C) groups is 1. The van der Waals surface area contributed by atoms with Crippen molar-refractivity contribution in [3.63, 3.8) is 0 Å². The van der Waals surface area contributed by atoms with Crippen LogP contribution in [0.1, 0.15) is 88.8 Å².